The van der Waals surface area contributed by atoms with Crippen molar-refractivity contribution in [3.63, 3.8) is 0 Å². The number of nitrogens with zero attached hydrogens (tertiary/aromatic N) is 1. The Morgan fingerprint density at radius 2 is 1.81 bits per heavy atom. The number of rotatable bonds is 5. The SMILES string of the molecule is O=C1O[C@@H](N2C(=O)CC[C@H]2C(=O)NCCc2ccccc2)c2ccccc21. The van der Waals surface area contributed by atoms with Crippen LogP contribution < -0.4 is 5.32 Å². The predicted molar refractivity (Wildman–Crippen MR) is 97.6 cm³/mol. The summed E-state index contributed by atoms with van der Waals surface area (Å²) in [6.07, 6.45) is 0.585. The largest absolute Gasteiger partial charge is 0.433 e. The molecule has 1 saturated heterocycles. The van der Waals surface area contributed by atoms with E-state index in [1.54, 1.807) is 24.3 Å². The fourth-order valence-electron chi connectivity index (χ4n) is 3.68. The average molecular weight is 364 g/mol. The van der Waals surface area contributed by atoms with Gasteiger partial charge in [-0.3, -0.25) is 14.5 Å². The molecule has 0 bridgehead atoms. The molecule has 0 aromatic heterocycles. The van der Waals surface area contributed by atoms with Crippen molar-refractivity contribution in [1.82, 2.24) is 10.2 Å². The quantitative estimate of drug-likeness (QED) is 0.826. The predicted octanol–water partition coefficient (Wildman–Crippen LogP) is 2.21. The van der Waals surface area contributed by atoms with E-state index in [9.17, 15) is 14.4 Å². The lowest BCUT2D eigenvalue weighted by atomic mass is 10.1. The van der Waals surface area contributed by atoms with Crippen LogP contribution in [0.15, 0.2) is 54.6 Å². The van der Waals surface area contributed by atoms with E-state index in [4.69, 9.17) is 4.74 Å². The third kappa shape index (κ3) is 3.30. The van der Waals surface area contributed by atoms with Gasteiger partial charge in [-0.2, -0.15) is 0 Å². The van der Waals surface area contributed by atoms with E-state index >= 15 is 0 Å². The maximum Gasteiger partial charge on any atom is 0.340 e. The van der Waals surface area contributed by atoms with Gasteiger partial charge in [-0.25, -0.2) is 4.79 Å². The summed E-state index contributed by atoms with van der Waals surface area (Å²) in [5.41, 5.74) is 2.22. The molecule has 6 heteroatoms. The minimum absolute atomic E-state index is 0.173. The second-order valence-electron chi connectivity index (χ2n) is 6.73. The van der Waals surface area contributed by atoms with Gasteiger partial charge < -0.3 is 10.1 Å². The summed E-state index contributed by atoms with van der Waals surface area (Å²) >= 11 is 0. The first kappa shape index (κ1) is 17.3. The summed E-state index contributed by atoms with van der Waals surface area (Å²) in [4.78, 5) is 38.6. The van der Waals surface area contributed by atoms with Crippen LogP contribution in [0.4, 0.5) is 0 Å². The molecule has 0 radical (unpaired) electrons. The van der Waals surface area contributed by atoms with Crippen LogP contribution in [0.3, 0.4) is 0 Å². The van der Waals surface area contributed by atoms with Gasteiger partial charge in [0.15, 0.2) is 0 Å². The molecule has 0 aliphatic carbocycles. The Morgan fingerprint density at radius 1 is 1.07 bits per heavy atom. The van der Waals surface area contributed by atoms with Crippen LogP contribution in [0.5, 0.6) is 0 Å². The number of nitrogens with one attached hydrogen (secondary N) is 1. The van der Waals surface area contributed by atoms with Crippen LogP contribution in [-0.4, -0.2) is 35.3 Å². The number of amides is 2. The van der Waals surface area contributed by atoms with Gasteiger partial charge in [0.05, 0.1) is 5.56 Å². The highest BCUT2D eigenvalue weighted by molar-refractivity contribution is 5.96. The number of carbonyl (C=O) groups excluding carboxylic acids is 3. The van der Waals surface area contributed by atoms with Gasteiger partial charge in [-0.05, 0) is 24.5 Å². The van der Waals surface area contributed by atoms with Crippen molar-refractivity contribution in [1.29, 1.82) is 0 Å². The smallest absolute Gasteiger partial charge is 0.340 e. The number of fused-ring (bicyclic) bond motifs is 1. The summed E-state index contributed by atoms with van der Waals surface area (Å²) < 4.78 is 5.43. The Morgan fingerprint density at radius 3 is 2.63 bits per heavy atom. The Labute approximate surface area is 157 Å². The Balaban J connectivity index is 1.46. The number of hydrogen-bond acceptors (Lipinski definition) is 4. The van der Waals surface area contributed by atoms with Gasteiger partial charge in [0.25, 0.3) is 0 Å². The van der Waals surface area contributed by atoms with E-state index in [1.165, 1.54) is 4.90 Å². The maximum absolute atomic E-state index is 12.7. The zero-order valence-corrected chi connectivity index (χ0v) is 14.8. The normalized spacial score (nSPS) is 21.1. The maximum atomic E-state index is 12.7. The van der Waals surface area contributed by atoms with Crippen molar-refractivity contribution in [3.05, 3.63) is 71.3 Å². The molecule has 2 aliphatic heterocycles. The van der Waals surface area contributed by atoms with E-state index in [0.29, 0.717) is 30.5 Å². The molecule has 1 fully saturated rings. The molecule has 0 unspecified atom stereocenters. The van der Waals surface area contributed by atoms with Crippen molar-refractivity contribution < 1.29 is 19.1 Å². The Kier molecular flexibility index (Phi) is 4.62. The molecule has 1 N–H and O–H groups in total. The molecule has 2 atom stereocenters. The van der Waals surface area contributed by atoms with Crippen LogP contribution in [0, 0.1) is 0 Å². The van der Waals surface area contributed by atoms with Crippen LogP contribution in [0.2, 0.25) is 0 Å². The zero-order valence-electron chi connectivity index (χ0n) is 14.8. The van der Waals surface area contributed by atoms with Crippen molar-refractivity contribution in [2.24, 2.45) is 0 Å². The van der Waals surface area contributed by atoms with Gasteiger partial charge in [-0.1, -0.05) is 48.5 Å². The molecule has 27 heavy (non-hydrogen) atoms. The first-order chi connectivity index (χ1) is 13.1. The number of hydrogen-bond donors (Lipinski definition) is 1. The minimum Gasteiger partial charge on any atom is -0.433 e. The van der Waals surface area contributed by atoms with E-state index in [2.05, 4.69) is 5.32 Å². The highest BCUT2D eigenvalue weighted by Gasteiger charge is 2.46. The molecule has 2 aromatic rings. The first-order valence-electron chi connectivity index (χ1n) is 9.08. The molecule has 6 nitrogen and oxygen atoms in total. The lowest BCUT2D eigenvalue weighted by molar-refractivity contribution is -0.145. The van der Waals surface area contributed by atoms with Crippen LogP contribution >= 0.6 is 0 Å². The minimum atomic E-state index is -0.825. The summed E-state index contributed by atoms with van der Waals surface area (Å²) in [6.45, 7) is 0.489. The van der Waals surface area contributed by atoms with Crippen LogP contribution in [0.25, 0.3) is 0 Å². The fourth-order valence-corrected chi connectivity index (χ4v) is 3.68. The number of carbonyl (C=O) groups is 3. The van der Waals surface area contributed by atoms with Gasteiger partial charge in [-0.15, -0.1) is 0 Å². The molecule has 0 spiro atoms. The van der Waals surface area contributed by atoms with Gasteiger partial charge in [0.1, 0.15) is 6.04 Å². The summed E-state index contributed by atoms with van der Waals surface area (Å²) in [6, 6.07) is 16.2. The summed E-state index contributed by atoms with van der Waals surface area (Å²) in [7, 11) is 0. The number of benzene rings is 2. The van der Waals surface area contributed by atoms with Crippen molar-refractivity contribution in [2.45, 2.75) is 31.5 Å². The molecule has 2 aromatic carbocycles. The molecular formula is C21H20N2O4. The highest BCUT2D eigenvalue weighted by Crippen LogP contribution is 2.38. The van der Waals surface area contributed by atoms with Crippen LogP contribution in [-0.2, 0) is 20.7 Å². The second-order valence-corrected chi connectivity index (χ2v) is 6.73. The zero-order chi connectivity index (χ0) is 18.8. The molecule has 0 saturated carbocycles. The van der Waals surface area contributed by atoms with Crippen molar-refractivity contribution in [3.8, 4) is 0 Å². The first-order valence-corrected chi connectivity index (χ1v) is 9.08. The molecule has 2 aliphatic rings. The third-order valence-corrected chi connectivity index (χ3v) is 5.03. The summed E-state index contributed by atoms with van der Waals surface area (Å²) in [5, 5.41) is 2.91. The number of likely N-dealkylation sites (tertiary alicyclic amines) is 1. The topological polar surface area (TPSA) is 75.7 Å². The highest BCUT2D eigenvalue weighted by atomic mass is 16.6. The van der Waals surface area contributed by atoms with Gasteiger partial charge >= 0.3 is 5.97 Å². The lowest BCUT2D eigenvalue weighted by Crippen LogP contribution is -2.46. The molecule has 2 amide bonds. The van der Waals surface area contributed by atoms with E-state index in [-0.39, 0.29) is 18.2 Å². The van der Waals surface area contributed by atoms with Crippen molar-refractivity contribution >= 4 is 17.8 Å². The molecular weight excluding hydrogens is 344 g/mol. The van der Waals surface area contributed by atoms with E-state index in [0.717, 1.165) is 5.56 Å². The number of cyclic esters (lactones) is 1. The monoisotopic (exact) mass is 364 g/mol. The second kappa shape index (κ2) is 7.23. The average Bonchev–Trinajstić information content (AvgIpc) is 3.23. The van der Waals surface area contributed by atoms with E-state index in [1.807, 2.05) is 30.3 Å². The Bertz CT molecular complexity index is 881. The summed E-state index contributed by atoms with van der Waals surface area (Å²) in [5.74, 6) is -0.844. The standard InChI is InChI=1S/C21H20N2O4/c24-18-11-10-17(19(25)22-13-12-14-6-2-1-3-7-14)23(18)20-15-8-4-5-9-16(15)21(26)27-20/h1-9,17,20H,10-13H2,(H,22,25)/t17-,20+/m0/s1. The lowest BCUT2D eigenvalue weighted by Gasteiger charge is -2.29. The molecule has 2 heterocycles. The molecule has 138 valence electrons. The molecule has 4 rings (SSSR count). The number of esters is 1. The Hall–Kier alpha value is -3.15. The van der Waals surface area contributed by atoms with Gasteiger partial charge in [0.2, 0.25) is 18.0 Å². The number of ether oxygens (including phenoxy) is 1. The van der Waals surface area contributed by atoms with Gasteiger partial charge in [0, 0.05) is 18.5 Å². The fraction of sp³-hybridized carbons (Fsp3) is 0.286. The van der Waals surface area contributed by atoms with E-state index < -0.39 is 18.2 Å². The third-order valence-electron chi connectivity index (χ3n) is 5.03. The van der Waals surface area contributed by atoms with Crippen molar-refractivity contribution in [2.75, 3.05) is 6.54 Å². The van der Waals surface area contributed by atoms with Crippen LogP contribution in [0.1, 0.15) is 40.6 Å².